The zero-order valence-corrected chi connectivity index (χ0v) is 8.45. The topological polar surface area (TPSA) is 37.8 Å². The van der Waals surface area contributed by atoms with Crippen molar-refractivity contribution in [2.45, 2.75) is 26.2 Å². The average molecular weight is 189 g/mol. The van der Waals surface area contributed by atoms with E-state index in [1.807, 2.05) is 13.0 Å². The van der Waals surface area contributed by atoms with E-state index in [9.17, 15) is 0 Å². The van der Waals surface area contributed by atoms with E-state index in [2.05, 4.69) is 21.2 Å². The molecule has 1 aromatic heterocycles. The smallest absolute Gasteiger partial charge is 0.129 e. The summed E-state index contributed by atoms with van der Waals surface area (Å²) in [5.41, 5.74) is 0.978. The van der Waals surface area contributed by atoms with Crippen LogP contribution in [0, 0.1) is 19.3 Å². The van der Waals surface area contributed by atoms with E-state index in [-0.39, 0.29) is 0 Å². The second-order valence-corrected chi connectivity index (χ2v) is 3.13. The second-order valence-electron chi connectivity index (χ2n) is 3.13. The third-order valence-electron chi connectivity index (χ3n) is 1.86. The summed E-state index contributed by atoms with van der Waals surface area (Å²) in [5.74, 6) is 3.51. The number of anilines is 1. The number of nitrogens with one attached hydrogen (secondary N) is 1. The molecular formula is C11H15N3. The Morgan fingerprint density at radius 1 is 1.43 bits per heavy atom. The minimum Gasteiger partial charge on any atom is -0.370 e. The first-order valence-electron chi connectivity index (χ1n) is 4.79. The summed E-state index contributed by atoms with van der Waals surface area (Å²) in [6.07, 6.45) is 9.71. The van der Waals surface area contributed by atoms with Gasteiger partial charge in [0.1, 0.15) is 12.1 Å². The highest BCUT2D eigenvalue weighted by Crippen LogP contribution is 2.03. The zero-order chi connectivity index (χ0) is 10.2. The Morgan fingerprint density at radius 2 is 2.29 bits per heavy atom. The number of aryl methyl sites for hydroxylation is 1. The highest BCUT2D eigenvalue weighted by molar-refractivity contribution is 5.33. The maximum Gasteiger partial charge on any atom is 0.129 e. The molecular weight excluding hydrogens is 174 g/mol. The van der Waals surface area contributed by atoms with Gasteiger partial charge in [0.2, 0.25) is 0 Å². The van der Waals surface area contributed by atoms with Gasteiger partial charge in [0.25, 0.3) is 0 Å². The normalized spacial score (nSPS) is 9.43. The van der Waals surface area contributed by atoms with Crippen LogP contribution in [0.4, 0.5) is 5.82 Å². The molecule has 3 heteroatoms. The van der Waals surface area contributed by atoms with Crippen LogP contribution in [0.3, 0.4) is 0 Å². The number of aromatic nitrogens is 2. The van der Waals surface area contributed by atoms with Gasteiger partial charge in [0.15, 0.2) is 0 Å². The molecule has 1 heterocycles. The van der Waals surface area contributed by atoms with Crippen LogP contribution in [0.2, 0.25) is 0 Å². The number of hydrogen-bond donors (Lipinski definition) is 1. The van der Waals surface area contributed by atoms with Crippen molar-refractivity contribution in [3.63, 3.8) is 0 Å². The fourth-order valence-electron chi connectivity index (χ4n) is 1.12. The number of rotatable bonds is 5. The summed E-state index contributed by atoms with van der Waals surface area (Å²) >= 11 is 0. The van der Waals surface area contributed by atoms with E-state index < -0.39 is 0 Å². The van der Waals surface area contributed by atoms with Crippen molar-refractivity contribution in [2.24, 2.45) is 0 Å². The molecule has 0 aliphatic carbocycles. The Morgan fingerprint density at radius 3 is 3.00 bits per heavy atom. The average Bonchev–Trinajstić information content (AvgIpc) is 2.18. The van der Waals surface area contributed by atoms with Crippen molar-refractivity contribution in [3.8, 4) is 12.3 Å². The quantitative estimate of drug-likeness (QED) is 0.568. The van der Waals surface area contributed by atoms with E-state index in [0.29, 0.717) is 0 Å². The first-order chi connectivity index (χ1) is 6.83. The molecule has 0 saturated carbocycles. The summed E-state index contributed by atoms with van der Waals surface area (Å²) in [5, 5.41) is 3.22. The third kappa shape index (κ3) is 3.90. The molecule has 0 aliphatic heterocycles. The van der Waals surface area contributed by atoms with Gasteiger partial charge in [-0.3, -0.25) is 0 Å². The number of hydrogen-bond acceptors (Lipinski definition) is 3. The lowest BCUT2D eigenvalue weighted by Gasteiger charge is -2.04. The Balaban J connectivity index is 2.22. The number of nitrogens with zero attached hydrogens (tertiary/aromatic N) is 2. The summed E-state index contributed by atoms with van der Waals surface area (Å²) in [6.45, 7) is 2.86. The molecule has 0 aromatic carbocycles. The molecule has 0 saturated heterocycles. The Kier molecular flexibility index (Phi) is 4.49. The molecule has 74 valence electrons. The fourth-order valence-corrected chi connectivity index (χ4v) is 1.12. The Bertz CT molecular complexity index is 315. The SMILES string of the molecule is C#CCCCCNc1cc(C)ncn1. The van der Waals surface area contributed by atoms with Gasteiger partial charge >= 0.3 is 0 Å². The van der Waals surface area contributed by atoms with Crippen LogP contribution in [-0.2, 0) is 0 Å². The van der Waals surface area contributed by atoms with Gasteiger partial charge in [-0.15, -0.1) is 12.3 Å². The van der Waals surface area contributed by atoms with Crippen LogP contribution in [0.1, 0.15) is 25.0 Å². The highest BCUT2D eigenvalue weighted by Gasteiger charge is 1.93. The van der Waals surface area contributed by atoms with Gasteiger partial charge in [-0.05, 0) is 19.8 Å². The van der Waals surface area contributed by atoms with Crippen molar-refractivity contribution in [3.05, 3.63) is 18.1 Å². The molecule has 0 fully saturated rings. The fraction of sp³-hybridized carbons (Fsp3) is 0.455. The molecule has 0 aliphatic rings. The molecule has 0 bridgehead atoms. The lowest BCUT2D eigenvalue weighted by Crippen LogP contribution is -2.03. The highest BCUT2D eigenvalue weighted by atomic mass is 15.0. The summed E-state index contributed by atoms with van der Waals surface area (Å²) < 4.78 is 0. The Hall–Kier alpha value is -1.56. The lowest BCUT2D eigenvalue weighted by molar-refractivity contribution is 0.786. The lowest BCUT2D eigenvalue weighted by atomic mass is 10.2. The predicted octanol–water partition coefficient (Wildman–Crippen LogP) is 2.00. The van der Waals surface area contributed by atoms with Gasteiger partial charge in [0.05, 0.1) is 0 Å². The van der Waals surface area contributed by atoms with Gasteiger partial charge in [-0.1, -0.05) is 0 Å². The van der Waals surface area contributed by atoms with E-state index in [1.165, 1.54) is 0 Å². The van der Waals surface area contributed by atoms with E-state index in [4.69, 9.17) is 6.42 Å². The zero-order valence-electron chi connectivity index (χ0n) is 8.45. The first-order valence-corrected chi connectivity index (χ1v) is 4.79. The number of unbranched alkanes of at least 4 members (excludes halogenated alkanes) is 2. The Labute approximate surface area is 85.0 Å². The molecule has 1 aromatic rings. The molecule has 1 rings (SSSR count). The van der Waals surface area contributed by atoms with Crippen molar-refractivity contribution in [2.75, 3.05) is 11.9 Å². The van der Waals surface area contributed by atoms with Crippen LogP contribution in [-0.4, -0.2) is 16.5 Å². The molecule has 3 nitrogen and oxygen atoms in total. The standard InChI is InChI=1S/C11H15N3/c1-3-4-5-6-7-12-11-8-10(2)13-9-14-11/h1,8-9H,4-7H2,2H3,(H,12,13,14). The molecule has 1 N–H and O–H groups in total. The second kappa shape index (κ2) is 5.98. The van der Waals surface area contributed by atoms with E-state index >= 15 is 0 Å². The summed E-state index contributed by atoms with van der Waals surface area (Å²) in [6, 6.07) is 1.93. The molecule has 14 heavy (non-hydrogen) atoms. The van der Waals surface area contributed by atoms with Gasteiger partial charge in [-0.2, -0.15) is 0 Å². The van der Waals surface area contributed by atoms with Crippen LogP contribution in [0.5, 0.6) is 0 Å². The van der Waals surface area contributed by atoms with Gasteiger partial charge in [-0.25, -0.2) is 9.97 Å². The monoisotopic (exact) mass is 189 g/mol. The predicted molar refractivity (Wildman–Crippen MR) is 57.9 cm³/mol. The minimum atomic E-state index is 0.852. The van der Waals surface area contributed by atoms with Crippen LogP contribution in [0.15, 0.2) is 12.4 Å². The molecule has 0 unspecified atom stereocenters. The molecule has 0 spiro atoms. The van der Waals surface area contributed by atoms with Gasteiger partial charge < -0.3 is 5.32 Å². The summed E-state index contributed by atoms with van der Waals surface area (Å²) in [7, 11) is 0. The molecule has 0 amide bonds. The maximum atomic E-state index is 5.15. The maximum absolute atomic E-state index is 5.15. The van der Waals surface area contributed by atoms with Crippen molar-refractivity contribution in [1.82, 2.24) is 9.97 Å². The molecule has 0 radical (unpaired) electrons. The van der Waals surface area contributed by atoms with Crippen LogP contribution < -0.4 is 5.32 Å². The largest absolute Gasteiger partial charge is 0.370 e. The van der Waals surface area contributed by atoms with Crippen molar-refractivity contribution >= 4 is 5.82 Å². The third-order valence-corrected chi connectivity index (χ3v) is 1.86. The van der Waals surface area contributed by atoms with Crippen molar-refractivity contribution in [1.29, 1.82) is 0 Å². The minimum absolute atomic E-state index is 0.852. The van der Waals surface area contributed by atoms with Crippen molar-refractivity contribution < 1.29 is 0 Å². The van der Waals surface area contributed by atoms with Gasteiger partial charge in [0, 0.05) is 24.7 Å². The van der Waals surface area contributed by atoms with Crippen LogP contribution >= 0.6 is 0 Å². The summed E-state index contributed by atoms with van der Waals surface area (Å²) in [4.78, 5) is 8.11. The van der Waals surface area contributed by atoms with Crippen LogP contribution in [0.25, 0.3) is 0 Å². The van der Waals surface area contributed by atoms with E-state index in [0.717, 1.165) is 37.3 Å². The number of terminal acetylenes is 1. The van der Waals surface area contributed by atoms with E-state index in [1.54, 1.807) is 6.33 Å². The molecule has 0 atom stereocenters. The first kappa shape index (κ1) is 10.5.